The highest BCUT2D eigenvalue weighted by Crippen LogP contribution is 2.19. The van der Waals surface area contributed by atoms with Gasteiger partial charge in [-0.05, 0) is 25.0 Å². The molecule has 26 heavy (non-hydrogen) atoms. The van der Waals surface area contributed by atoms with Gasteiger partial charge in [0.25, 0.3) is 5.91 Å². The first-order valence-electron chi connectivity index (χ1n) is 8.80. The highest BCUT2D eigenvalue weighted by Gasteiger charge is 2.20. The summed E-state index contributed by atoms with van der Waals surface area (Å²) in [6.45, 7) is 7.11. The number of likely N-dealkylation sites (N-methyl/N-ethyl adjacent to an activating group) is 1. The van der Waals surface area contributed by atoms with Gasteiger partial charge in [-0.25, -0.2) is 4.98 Å². The number of methoxy groups -OCH3 is 1. The SMILES string of the molecule is CCN(CCc1nc2ccc(OC)cc2[nH]1)C(=O)c1cc(C(C)C)no1. The van der Waals surface area contributed by atoms with Crippen molar-refractivity contribution in [2.75, 3.05) is 20.2 Å². The molecule has 1 amide bonds. The van der Waals surface area contributed by atoms with E-state index in [2.05, 4.69) is 15.1 Å². The number of aromatic nitrogens is 3. The second kappa shape index (κ2) is 7.59. The normalized spacial score (nSPS) is 11.3. The van der Waals surface area contributed by atoms with Gasteiger partial charge in [0, 0.05) is 31.6 Å². The molecule has 3 aromatic rings. The number of amides is 1. The molecule has 0 radical (unpaired) electrons. The van der Waals surface area contributed by atoms with Crippen LogP contribution >= 0.6 is 0 Å². The zero-order valence-corrected chi connectivity index (χ0v) is 15.6. The van der Waals surface area contributed by atoms with Gasteiger partial charge in [0.1, 0.15) is 11.6 Å². The van der Waals surface area contributed by atoms with Crippen molar-refractivity contribution in [2.24, 2.45) is 0 Å². The smallest absolute Gasteiger partial charge is 0.292 e. The van der Waals surface area contributed by atoms with E-state index >= 15 is 0 Å². The molecule has 0 spiro atoms. The van der Waals surface area contributed by atoms with Crippen molar-refractivity contribution >= 4 is 16.9 Å². The molecule has 1 aromatic carbocycles. The van der Waals surface area contributed by atoms with E-state index in [0.717, 1.165) is 28.3 Å². The molecule has 1 N–H and O–H groups in total. The lowest BCUT2D eigenvalue weighted by Crippen LogP contribution is -2.32. The molecule has 0 bridgehead atoms. The van der Waals surface area contributed by atoms with Crippen LogP contribution in [0.3, 0.4) is 0 Å². The fraction of sp³-hybridized carbons (Fsp3) is 0.421. The summed E-state index contributed by atoms with van der Waals surface area (Å²) in [5.74, 6) is 1.97. The molecule has 2 aromatic heterocycles. The summed E-state index contributed by atoms with van der Waals surface area (Å²) in [7, 11) is 1.64. The first kappa shape index (κ1) is 18.0. The highest BCUT2D eigenvalue weighted by molar-refractivity contribution is 5.91. The number of hydrogen-bond donors (Lipinski definition) is 1. The summed E-state index contributed by atoms with van der Waals surface area (Å²) in [6, 6.07) is 7.43. The number of carbonyl (C=O) groups is 1. The molecule has 2 heterocycles. The number of hydrogen-bond acceptors (Lipinski definition) is 5. The molecule has 0 saturated carbocycles. The van der Waals surface area contributed by atoms with Crippen molar-refractivity contribution in [3.63, 3.8) is 0 Å². The summed E-state index contributed by atoms with van der Waals surface area (Å²) < 4.78 is 10.4. The fourth-order valence-corrected chi connectivity index (χ4v) is 2.75. The average Bonchev–Trinajstić information content (AvgIpc) is 3.28. The van der Waals surface area contributed by atoms with Gasteiger partial charge >= 0.3 is 0 Å². The van der Waals surface area contributed by atoms with Crippen molar-refractivity contribution in [1.29, 1.82) is 0 Å². The Morgan fingerprint density at radius 1 is 1.35 bits per heavy atom. The fourth-order valence-electron chi connectivity index (χ4n) is 2.75. The molecule has 0 aliphatic carbocycles. The van der Waals surface area contributed by atoms with E-state index in [1.807, 2.05) is 39.0 Å². The van der Waals surface area contributed by atoms with Crippen LogP contribution in [0.1, 0.15) is 48.8 Å². The van der Waals surface area contributed by atoms with Gasteiger partial charge < -0.3 is 19.1 Å². The minimum absolute atomic E-state index is 0.148. The molecule has 3 rings (SSSR count). The molecule has 7 heteroatoms. The zero-order valence-electron chi connectivity index (χ0n) is 15.6. The van der Waals surface area contributed by atoms with Crippen LogP contribution in [0, 0.1) is 0 Å². The predicted octanol–water partition coefficient (Wildman–Crippen LogP) is 3.39. The number of benzene rings is 1. The summed E-state index contributed by atoms with van der Waals surface area (Å²) in [4.78, 5) is 22.2. The van der Waals surface area contributed by atoms with Gasteiger partial charge in [0.15, 0.2) is 0 Å². The molecule has 0 fully saturated rings. The first-order valence-corrected chi connectivity index (χ1v) is 8.80. The van der Waals surface area contributed by atoms with Crippen molar-refractivity contribution in [3.05, 3.63) is 41.5 Å². The molecular weight excluding hydrogens is 332 g/mol. The Morgan fingerprint density at radius 2 is 2.15 bits per heavy atom. The van der Waals surface area contributed by atoms with Crippen LogP contribution < -0.4 is 4.74 Å². The molecule has 0 atom stereocenters. The van der Waals surface area contributed by atoms with Crippen LogP contribution in [0.4, 0.5) is 0 Å². The number of rotatable bonds is 7. The van der Waals surface area contributed by atoms with E-state index < -0.39 is 0 Å². The lowest BCUT2D eigenvalue weighted by molar-refractivity contribution is 0.0723. The molecule has 0 saturated heterocycles. The maximum absolute atomic E-state index is 12.6. The van der Waals surface area contributed by atoms with Gasteiger partial charge in [-0.1, -0.05) is 19.0 Å². The third-order valence-corrected chi connectivity index (χ3v) is 4.36. The average molecular weight is 356 g/mol. The largest absolute Gasteiger partial charge is 0.497 e. The molecule has 7 nitrogen and oxygen atoms in total. The third-order valence-electron chi connectivity index (χ3n) is 4.36. The molecule has 0 aliphatic rings. The van der Waals surface area contributed by atoms with E-state index in [4.69, 9.17) is 9.26 Å². The van der Waals surface area contributed by atoms with E-state index in [1.54, 1.807) is 18.1 Å². The molecule has 0 unspecified atom stereocenters. The van der Waals surface area contributed by atoms with Crippen molar-refractivity contribution in [2.45, 2.75) is 33.1 Å². The Hall–Kier alpha value is -2.83. The van der Waals surface area contributed by atoms with Crippen molar-refractivity contribution < 1.29 is 14.1 Å². The number of fused-ring (bicyclic) bond motifs is 1. The minimum Gasteiger partial charge on any atom is -0.497 e. The lowest BCUT2D eigenvalue weighted by Gasteiger charge is -2.18. The standard InChI is InChI=1S/C19H24N4O3/c1-5-23(19(24)17-11-15(12(2)3)22-26-17)9-8-18-20-14-7-6-13(25-4)10-16(14)21-18/h6-7,10-12H,5,8-9H2,1-4H3,(H,20,21). The van der Waals surface area contributed by atoms with E-state index in [9.17, 15) is 4.79 Å². The van der Waals surface area contributed by atoms with Gasteiger partial charge in [0.2, 0.25) is 5.76 Å². The summed E-state index contributed by atoms with van der Waals surface area (Å²) in [5, 5.41) is 3.96. The number of aromatic amines is 1. The van der Waals surface area contributed by atoms with Crippen molar-refractivity contribution in [1.82, 2.24) is 20.0 Å². The molecular formula is C19H24N4O3. The second-order valence-electron chi connectivity index (χ2n) is 6.47. The number of ether oxygens (including phenoxy) is 1. The minimum atomic E-state index is -0.148. The molecule has 0 aliphatic heterocycles. The summed E-state index contributed by atoms with van der Waals surface area (Å²) >= 11 is 0. The number of carbonyl (C=O) groups excluding carboxylic acids is 1. The Labute approximate surface area is 152 Å². The van der Waals surface area contributed by atoms with Gasteiger partial charge in [-0.15, -0.1) is 0 Å². The van der Waals surface area contributed by atoms with E-state index in [0.29, 0.717) is 19.5 Å². The number of nitrogens with one attached hydrogen (secondary N) is 1. The van der Waals surface area contributed by atoms with Crippen LogP contribution in [0.25, 0.3) is 11.0 Å². The Kier molecular flexibility index (Phi) is 5.25. The third kappa shape index (κ3) is 3.71. The van der Waals surface area contributed by atoms with Gasteiger partial charge in [0.05, 0.1) is 23.8 Å². The topological polar surface area (TPSA) is 84.3 Å². The number of imidazole rings is 1. The Balaban J connectivity index is 1.69. The number of nitrogens with zero attached hydrogens (tertiary/aromatic N) is 3. The van der Waals surface area contributed by atoms with E-state index in [1.165, 1.54) is 0 Å². The quantitative estimate of drug-likeness (QED) is 0.701. The van der Waals surface area contributed by atoms with Crippen LogP contribution in [-0.2, 0) is 6.42 Å². The highest BCUT2D eigenvalue weighted by atomic mass is 16.5. The Bertz CT molecular complexity index is 897. The van der Waals surface area contributed by atoms with Crippen LogP contribution in [0.5, 0.6) is 5.75 Å². The predicted molar refractivity (Wildman–Crippen MR) is 98.5 cm³/mol. The maximum atomic E-state index is 12.6. The second-order valence-corrected chi connectivity index (χ2v) is 6.47. The summed E-state index contributed by atoms with van der Waals surface area (Å²) in [6.07, 6.45) is 0.627. The lowest BCUT2D eigenvalue weighted by atomic mass is 10.1. The van der Waals surface area contributed by atoms with Crippen molar-refractivity contribution in [3.8, 4) is 5.75 Å². The van der Waals surface area contributed by atoms with Gasteiger partial charge in [-0.3, -0.25) is 4.79 Å². The van der Waals surface area contributed by atoms with Gasteiger partial charge in [-0.2, -0.15) is 0 Å². The van der Waals surface area contributed by atoms with Crippen LogP contribution in [0.2, 0.25) is 0 Å². The van der Waals surface area contributed by atoms with Crippen LogP contribution in [0.15, 0.2) is 28.8 Å². The first-order chi connectivity index (χ1) is 12.5. The number of H-pyrrole nitrogens is 1. The molecule has 138 valence electrons. The van der Waals surface area contributed by atoms with Crippen LogP contribution in [-0.4, -0.2) is 46.1 Å². The Morgan fingerprint density at radius 3 is 2.81 bits per heavy atom. The monoisotopic (exact) mass is 356 g/mol. The van der Waals surface area contributed by atoms with E-state index in [-0.39, 0.29) is 17.6 Å². The summed E-state index contributed by atoms with van der Waals surface area (Å²) in [5.41, 5.74) is 2.59. The maximum Gasteiger partial charge on any atom is 0.292 e. The zero-order chi connectivity index (χ0) is 18.7.